The van der Waals surface area contributed by atoms with Gasteiger partial charge in [-0.1, -0.05) is 6.08 Å². The number of ether oxygens (including phenoxy) is 2. The Hall–Kier alpha value is -0.830. The molecule has 1 saturated heterocycles. The minimum atomic E-state index is -0.229. The Morgan fingerprint density at radius 1 is 1.67 bits per heavy atom. The van der Waals surface area contributed by atoms with Crippen LogP contribution in [0.1, 0.15) is 20.3 Å². The van der Waals surface area contributed by atoms with E-state index in [1.165, 1.54) is 0 Å². The van der Waals surface area contributed by atoms with Crippen molar-refractivity contribution in [1.29, 1.82) is 0 Å². The maximum Gasteiger partial charge on any atom is 0.333 e. The lowest BCUT2D eigenvalue weighted by Gasteiger charge is -2.09. The maximum absolute atomic E-state index is 11.2. The highest BCUT2D eigenvalue weighted by Gasteiger charge is 2.19. The summed E-state index contributed by atoms with van der Waals surface area (Å²) in [6.07, 6.45) is 2.54. The van der Waals surface area contributed by atoms with E-state index in [4.69, 9.17) is 9.47 Å². The monoisotopic (exact) mass is 170 g/mol. The zero-order valence-electron chi connectivity index (χ0n) is 7.50. The van der Waals surface area contributed by atoms with Crippen molar-refractivity contribution < 1.29 is 14.3 Å². The van der Waals surface area contributed by atoms with Crippen molar-refractivity contribution in [2.24, 2.45) is 0 Å². The number of hydrogen-bond donors (Lipinski definition) is 0. The maximum atomic E-state index is 11.2. The molecule has 3 nitrogen and oxygen atoms in total. The fourth-order valence-electron chi connectivity index (χ4n) is 0.968. The molecule has 0 aromatic heterocycles. The van der Waals surface area contributed by atoms with Crippen molar-refractivity contribution in [3.05, 3.63) is 11.6 Å². The first-order valence-electron chi connectivity index (χ1n) is 4.15. The Labute approximate surface area is 72.4 Å². The van der Waals surface area contributed by atoms with Crippen LogP contribution in [0.5, 0.6) is 0 Å². The minimum Gasteiger partial charge on any atom is -0.456 e. The molecule has 0 aromatic rings. The highest BCUT2D eigenvalue weighted by atomic mass is 16.6. The first kappa shape index (κ1) is 9.26. The van der Waals surface area contributed by atoms with Crippen LogP contribution < -0.4 is 0 Å². The summed E-state index contributed by atoms with van der Waals surface area (Å²) in [7, 11) is 0. The van der Waals surface area contributed by atoms with E-state index < -0.39 is 0 Å². The minimum absolute atomic E-state index is 0.0348. The van der Waals surface area contributed by atoms with Gasteiger partial charge in [-0.25, -0.2) is 4.79 Å². The molecule has 1 fully saturated rings. The summed E-state index contributed by atoms with van der Waals surface area (Å²) in [6, 6.07) is 0. The van der Waals surface area contributed by atoms with Crippen LogP contribution in [0.25, 0.3) is 0 Å². The molecule has 0 saturated carbocycles. The molecule has 1 aliphatic heterocycles. The van der Waals surface area contributed by atoms with E-state index in [0.717, 1.165) is 6.42 Å². The van der Waals surface area contributed by atoms with Gasteiger partial charge in [-0.3, -0.25) is 0 Å². The molecule has 1 aliphatic rings. The van der Waals surface area contributed by atoms with Crippen LogP contribution >= 0.6 is 0 Å². The summed E-state index contributed by atoms with van der Waals surface area (Å²) in [5.74, 6) is -0.229. The molecule has 0 radical (unpaired) electrons. The molecule has 0 amide bonds. The zero-order chi connectivity index (χ0) is 8.97. The number of carbonyl (C=O) groups excluding carboxylic acids is 1. The summed E-state index contributed by atoms with van der Waals surface area (Å²) >= 11 is 0. The average Bonchev–Trinajstić information content (AvgIpc) is 2.55. The van der Waals surface area contributed by atoms with E-state index in [-0.39, 0.29) is 12.1 Å². The van der Waals surface area contributed by atoms with Crippen LogP contribution in [0.15, 0.2) is 11.6 Å². The molecular formula is C9H14O3. The first-order valence-corrected chi connectivity index (χ1v) is 4.15. The molecule has 0 aromatic carbocycles. The summed E-state index contributed by atoms with van der Waals surface area (Å²) in [4.78, 5) is 11.2. The van der Waals surface area contributed by atoms with Crippen molar-refractivity contribution in [2.75, 3.05) is 13.2 Å². The molecule has 0 spiro atoms. The molecule has 1 atom stereocenters. The van der Waals surface area contributed by atoms with Crippen LogP contribution in [0.4, 0.5) is 0 Å². The SMILES string of the molecule is C/C=C(/C)C(=O)O[C@H]1CCOC1. The van der Waals surface area contributed by atoms with Gasteiger partial charge in [0.1, 0.15) is 6.10 Å². The first-order chi connectivity index (χ1) is 5.74. The van der Waals surface area contributed by atoms with Crippen molar-refractivity contribution in [2.45, 2.75) is 26.4 Å². The Balaban J connectivity index is 2.35. The number of rotatable bonds is 2. The Bertz CT molecular complexity index is 190. The van der Waals surface area contributed by atoms with E-state index in [9.17, 15) is 4.79 Å². The third-order valence-electron chi connectivity index (χ3n) is 1.92. The van der Waals surface area contributed by atoms with E-state index >= 15 is 0 Å². The van der Waals surface area contributed by atoms with Crippen molar-refractivity contribution in [3.8, 4) is 0 Å². The van der Waals surface area contributed by atoms with Crippen LogP contribution in [0, 0.1) is 0 Å². The summed E-state index contributed by atoms with van der Waals surface area (Å²) in [6.45, 7) is 4.81. The predicted octanol–water partition coefficient (Wildman–Crippen LogP) is 1.28. The topological polar surface area (TPSA) is 35.5 Å². The van der Waals surface area contributed by atoms with Crippen molar-refractivity contribution >= 4 is 5.97 Å². The molecule has 3 heteroatoms. The largest absolute Gasteiger partial charge is 0.456 e. The van der Waals surface area contributed by atoms with Crippen molar-refractivity contribution in [1.82, 2.24) is 0 Å². The van der Waals surface area contributed by atoms with Crippen LogP contribution in [-0.2, 0) is 14.3 Å². The normalized spacial score (nSPS) is 24.2. The standard InChI is InChI=1S/C9H14O3/c1-3-7(2)9(10)12-8-4-5-11-6-8/h3,8H,4-6H2,1-2H3/b7-3-/t8-/m0/s1. The van der Waals surface area contributed by atoms with E-state index in [0.29, 0.717) is 18.8 Å². The van der Waals surface area contributed by atoms with Crippen LogP contribution in [0.2, 0.25) is 0 Å². The van der Waals surface area contributed by atoms with Gasteiger partial charge in [-0.05, 0) is 13.8 Å². The van der Waals surface area contributed by atoms with Gasteiger partial charge in [0.2, 0.25) is 0 Å². The second-order valence-corrected chi connectivity index (χ2v) is 2.86. The van der Waals surface area contributed by atoms with Crippen LogP contribution in [0.3, 0.4) is 0 Å². The van der Waals surface area contributed by atoms with Crippen LogP contribution in [-0.4, -0.2) is 25.3 Å². The fraction of sp³-hybridized carbons (Fsp3) is 0.667. The third-order valence-corrected chi connectivity index (χ3v) is 1.92. The van der Waals surface area contributed by atoms with Gasteiger partial charge in [0.15, 0.2) is 0 Å². The third kappa shape index (κ3) is 2.34. The fourth-order valence-corrected chi connectivity index (χ4v) is 0.968. The van der Waals surface area contributed by atoms with Gasteiger partial charge < -0.3 is 9.47 Å². The molecule has 0 bridgehead atoms. The van der Waals surface area contributed by atoms with E-state index in [1.54, 1.807) is 13.0 Å². The van der Waals surface area contributed by atoms with Gasteiger partial charge in [0, 0.05) is 12.0 Å². The lowest BCUT2D eigenvalue weighted by atomic mass is 10.3. The quantitative estimate of drug-likeness (QED) is 0.462. The smallest absolute Gasteiger partial charge is 0.333 e. The van der Waals surface area contributed by atoms with Gasteiger partial charge in [-0.15, -0.1) is 0 Å². The number of hydrogen-bond acceptors (Lipinski definition) is 3. The van der Waals surface area contributed by atoms with Crippen molar-refractivity contribution in [3.63, 3.8) is 0 Å². The van der Waals surface area contributed by atoms with E-state index in [1.807, 2.05) is 6.92 Å². The zero-order valence-corrected chi connectivity index (χ0v) is 7.50. The summed E-state index contributed by atoms with van der Waals surface area (Å²) in [5, 5.41) is 0. The summed E-state index contributed by atoms with van der Waals surface area (Å²) < 4.78 is 10.2. The summed E-state index contributed by atoms with van der Waals surface area (Å²) in [5.41, 5.74) is 0.655. The molecule has 0 aliphatic carbocycles. The molecule has 1 heterocycles. The van der Waals surface area contributed by atoms with Gasteiger partial charge in [0.05, 0.1) is 13.2 Å². The second-order valence-electron chi connectivity index (χ2n) is 2.86. The molecular weight excluding hydrogens is 156 g/mol. The lowest BCUT2D eigenvalue weighted by Crippen LogP contribution is -2.18. The van der Waals surface area contributed by atoms with Gasteiger partial charge >= 0.3 is 5.97 Å². The van der Waals surface area contributed by atoms with E-state index in [2.05, 4.69) is 0 Å². The molecule has 12 heavy (non-hydrogen) atoms. The average molecular weight is 170 g/mol. The highest BCUT2D eigenvalue weighted by Crippen LogP contribution is 2.10. The number of esters is 1. The molecule has 1 rings (SSSR count). The molecule has 0 unspecified atom stereocenters. The Kier molecular flexibility index (Phi) is 3.29. The number of carbonyl (C=O) groups is 1. The molecule has 68 valence electrons. The number of allylic oxidation sites excluding steroid dienone is 1. The lowest BCUT2D eigenvalue weighted by molar-refractivity contribution is -0.144. The Morgan fingerprint density at radius 2 is 2.42 bits per heavy atom. The van der Waals surface area contributed by atoms with Gasteiger partial charge in [0.25, 0.3) is 0 Å². The molecule has 0 N–H and O–H groups in total. The second kappa shape index (κ2) is 4.26. The Morgan fingerprint density at radius 3 is 2.92 bits per heavy atom. The predicted molar refractivity (Wildman–Crippen MR) is 44.7 cm³/mol. The highest BCUT2D eigenvalue weighted by molar-refractivity contribution is 5.87. The van der Waals surface area contributed by atoms with Gasteiger partial charge in [-0.2, -0.15) is 0 Å².